The first-order valence-corrected chi connectivity index (χ1v) is 7.36. The van der Waals surface area contributed by atoms with Crippen molar-refractivity contribution in [2.75, 3.05) is 13.1 Å². The highest BCUT2D eigenvalue weighted by atomic mass is 32.1. The van der Waals surface area contributed by atoms with E-state index in [9.17, 15) is 0 Å². The largest absolute Gasteiger partial charge is 0.297 e. The van der Waals surface area contributed by atoms with E-state index in [1.807, 2.05) is 12.3 Å². The van der Waals surface area contributed by atoms with E-state index in [0.29, 0.717) is 0 Å². The number of fused-ring (bicyclic) bond motifs is 1. The minimum atomic E-state index is 0.877. The summed E-state index contributed by atoms with van der Waals surface area (Å²) in [6, 6.07) is 4.13. The van der Waals surface area contributed by atoms with Crippen LogP contribution in [0, 0.1) is 0 Å². The number of thiophene rings is 1. The summed E-state index contributed by atoms with van der Waals surface area (Å²) in [5.74, 6) is 0.877. The molecule has 0 N–H and O–H groups in total. The van der Waals surface area contributed by atoms with Crippen LogP contribution in [0.4, 0.5) is 0 Å². The van der Waals surface area contributed by atoms with E-state index in [4.69, 9.17) is 4.98 Å². The maximum absolute atomic E-state index is 4.75. The van der Waals surface area contributed by atoms with E-state index < -0.39 is 0 Å². The van der Waals surface area contributed by atoms with Gasteiger partial charge < -0.3 is 0 Å². The molecule has 18 heavy (non-hydrogen) atoms. The summed E-state index contributed by atoms with van der Waals surface area (Å²) in [4.78, 5) is 12.9. The zero-order valence-electron chi connectivity index (χ0n) is 10.6. The molecule has 0 amide bonds. The van der Waals surface area contributed by atoms with Crippen molar-refractivity contribution in [1.29, 1.82) is 0 Å². The highest BCUT2D eigenvalue weighted by Gasteiger charge is 2.18. The summed E-state index contributed by atoms with van der Waals surface area (Å²) < 4.78 is 0. The summed E-state index contributed by atoms with van der Waals surface area (Å²) in [5.41, 5.74) is 2.54. The second-order valence-electron chi connectivity index (χ2n) is 4.67. The molecular formula is C14H17N3S. The molecule has 3 heterocycles. The van der Waals surface area contributed by atoms with Gasteiger partial charge in [-0.2, -0.15) is 0 Å². The Bertz CT molecular complexity index is 522. The molecule has 0 radical (unpaired) electrons. The Morgan fingerprint density at radius 1 is 1.44 bits per heavy atom. The van der Waals surface area contributed by atoms with Gasteiger partial charge in [0.05, 0.1) is 10.6 Å². The summed E-state index contributed by atoms with van der Waals surface area (Å²) in [5, 5.41) is 2.07. The third kappa shape index (κ3) is 2.31. The number of nitrogens with zero attached hydrogens (tertiary/aromatic N) is 3. The molecule has 0 atom stereocenters. The molecule has 2 aromatic rings. The molecule has 0 fully saturated rings. The zero-order chi connectivity index (χ0) is 12.4. The highest BCUT2D eigenvalue weighted by Crippen LogP contribution is 2.24. The Morgan fingerprint density at radius 3 is 3.17 bits per heavy atom. The number of hydrogen-bond donors (Lipinski definition) is 0. The van der Waals surface area contributed by atoms with Gasteiger partial charge in [-0.15, -0.1) is 11.3 Å². The Labute approximate surface area is 112 Å². The fourth-order valence-corrected chi connectivity index (χ4v) is 3.05. The van der Waals surface area contributed by atoms with Gasteiger partial charge in [0.15, 0.2) is 5.82 Å². The quantitative estimate of drug-likeness (QED) is 0.848. The monoisotopic (exact) mass is 259 g/mol. The van der Waals surface area contributed by atoms with Crippen molar-refractivity contribution in [3.63, 3.8) is 0 Å². The second-order valence-corrected chi connectivity index (χ2v) is 5.62. The molecular weight excluding hydrogens is 242 g/mol. The average Bonchev–Trinajstić information content (AvgIpc) is 2.92. The SMILES string of the molecule is CCCN1CCc2cnc(-c3cccs3)nc2C1. The molecule has 0 spiro atoms. The predicted octanol–water partition coefficient (Wildman–Crippen LogP) is 2.97. The maximum Gasteiger partial charge on any atom is 0.169 e. The molecule has 4 heteroatoms. The van der Waals surface area contributed by atoms with Crippen molar-refractivity contribution in [2.24, 2.45) is 0 Å². The number of rotatable bonds is 3. The molecule has 3 rings (SSSR count). The van der Waals surface area contributed by atoms with Gasteiger partial charge in [0, 0.05) is 19.3 Å². The van der Waals surface area contributed by atoms with Gasteiger partial charge in [0.2, 0.25) is 0 Å². The smallest absolute Gasteiger partial charge is 0.169 e. The molecule has 0 saturated carbocycles. The van der Waals surface area contributed by atoms with Crippen molar-refractivity contribution in [3.8, 4) is 10.7 Å². The van der Waals surface area contributed by atoms with Crippen LogP contribution in [0.25, 0.3) is 10.7 Å². The lowest BCUT2D eigenvalue weighted by Crippen LogP contribution is -2.32. The van der Waals surface area contributed by atoms with Crippen LogP contribution in [-0.2, 0) is 13.0 Å². The normalized spacial score (nSPS) is 15.6. The topological polar surface area (TPSA) is 29.0 Å². The van der Waals surface area contributed by atoms with Gasteiger partial charge in [-0.1, -0.05) is 13.0 Å². The standard InChI is InChI=1S/C14H17N3S/c1-2-6-17-7-5-11-9-15-14(16-12(11)10-17)13-4-3-8-18-13/h3-4,8-9H,2,5-7,10H2,1H3. The van der Waals surface area contributed by atoms with Crippen molar-refractivity contribution in [1.82, 2.24) is 14.9 Å². The van der Waals surface area contributed by atoms with Crippen LogP contribution in [0.5, 0.6) is 0 Å². The van der Waals surface area contributed by atoms with Crippen LogP contribution in [0.1, 0.15) is 24.6 Å². The number of aromatic nitrogens is 2. The van der Waals surface area contributed by atoms with E-state index in [1.165, 1.54) is 17.7 Å². The lowest BCUT2D eigenvalue weighted by atomic mass is 10.1. The zero-order valence-corrected chi connectivity index (χ0v) is 11.4. The van der Waals surface area contributed by atoms with E-state index in [2.05, 4.69) is 28.3 Å². The first kappa shape index (κ1) is 11.8. The van der Waals surface area contributed by atoms with E-state index in [0.717, 1.165) is 36.8 Å². The van der Waals surface area contributed by atoms with E-state index in [1.54, 1.807) is 11.3 Å². The van der Waals surface area contributed by atoms with Gasteiger partial charge in [-0.05, 0) is 36.4 Å². The van der Waals surface area contributed by atoms with Crippen molar-refractivity contribution in [2.45, 2.75) is 26.3 Å². The fourth-order valence-electron chi connectivity index (χ4n) is 2.39. The van der Waals surface area contributed by atoms with Crippen molar-refractivity contribution < 1.29 is 0 Å². The average molecular weight is 259 g/mol. The van der Waals surface area contributed by atoms with Crippen LogP contribution in [0.3, 0.4) is 0 Å². The molecule has 2 aromatic heterocycles. The molecule has 1 aliphatic rings. The van der Waals surface area contributed by atoms with Crippen molar-refractivity contribution in [3.05, 3.63) is 35.0 Å². The van der Waals surface area contributed by atoms with Crippen LogP contribution >= 0.6 is 11.3 Å². The fraction of sp³-hybridized carbons (Fsp3) is 0.429. The molecule has 0 aromatic carbocycles. The Kier molecular flexibility index (Phi) is 3.39. The Morgan fingerprint density at radius 2 is 2.39 bits per heavy atom. The second kappa shape index (κ2) is 5.16. The summed E-state index contributed by atoms with van der Waals surface area (Å²) in [7, 11) is 0. The summed E-state index contributed by atoms with van der Waals surface area (Å²) in [6.45, 7) is 5.51. The van der Waals surface area contributed by atoms with Crippen molar-refractivity contribution >= 4 is 11.3 Å². The minimum Gasteiger partial charge on any atom is -0.297 e. The van der Waals surface area contributed by atoms with Gasteiger partial charge in [-0.3, -0.25) is 4.90 Å². The van der Waals surface area contributed by atoms with Crippen LogP contribution in [0.15, 0.2) is 23.7 Å². The lowest BCUT2D eigenvalue weighted by Gasteiger charge is -2.27. The predicted molar refractivity (Wildman–Crippen MR) is 74.6 cm³/mol. The first-order chi connectivity index (χ1) is 8.86. The molecule has 1 aliphatic heterocycles. The van der Waals surface area contributed by atoms with E-state index >= 15 is 0 Å². The molecule has 0 bridgehead atoms. The molecule has 94 valence electrons. The summed E-state index contributed by atoms with van der Waals surface area (Å²) >= 11 is 1.70. The van der Waals surface area contributed by atoms with Gasteiger partial charge in [0.25, 0.3) is 0 Å². The number of hydrogen-bond acceptors (Lipinski definition) is 4. The third-order valence-electron chi connectivity index (χ3n) is 3.31. The van der Waals surface area contributed by atoms with Crippen LogP contribution < -0.4 is 0 Å². The Balaban J connectivity index is 1.88. The molecule has 0 unspecified atom stereocenters. The van der Waals surface area contributed by atoms with Gasteiger partial charge >= 0.3 is 0 Å². The molecule has 0 saturated heterocycles. The molecule has 0 aliphatic carbocycles. The minimum absolute atomic E-state index is 0.877. The Hall–Kier alpha value is -1.26. The van der Waals surface area contributed by atoms with Crippen LogP contribution in [-0.4, -0.2) is 28.0 Å². The first-order valence-electron chi connectivity index (χ1n) is 6.48. The van der Waals surface area contributed by atoms with Crippen LogP contribution in [0.2, 0.25) is 0 Å². The van der Waals surface area contributed by atoms with E-state index in [-0.39, 0.29) is 0 Å². The van der Waals surface area contributed by atoms with Gasteiger partial charge in [-0.25, -0.2) is 9.97 Å². The highest BCUT2D eigenvalue weighted by molar-refractivity contribution is 7.13. The summed E-state index contributed by atoms with van der Waals surface area (Å²) in [6.07, 6.45) is 4.30. The molecule has 3 nitrogen and oxygen atoms in total. The third-order valence-corrected chi connectivity index (χ3v) is 4.17. The van der Waals surface area contributed by atoms with Gasteiger partial charge in [0.1, 0.15) is 0 Å². The maximum atomic E-state index is 4.75. The lowest BCUT2D eigenvalue weighted by molar-refractivity contribution is 0.250.